The molecule has 0 spiro atoms. The smallest absolute Gasteiger partial charge is 0.354 e. The minimum absolute atomic E-state index is 0.298. The third kappa shape index (κ3) is 2.45. The van der Waals surface area contributed by atoms with Gasteiger partial charge in [0, 0.05) is 19.2 Å². The first kappa shape index (κ1) is 12.4. The van der Waals surface area contributed by atoms with E-state index in [-0.39, 0.29) is 5.97 Å². The average Bonchev–Trinajstić information content (AvgIpc) is 2.73. The van der Waals surface area contributed by atoms with Crippen LogP contribution in [0.4, 0.5) is 0 Å². The van der Waals surface area contributed by atoms with Crippen LogP contribution in [0.1, 0.15) is 27.3 Å². The summed E-state index contributed by atoms with van der Waals surface area (Å²) in [6.07, 6.45) is 0.813. The largest absolute Gasteiger partial charge is 0.464 e. The molecule has 0 radical (unpaired) electrons. The van der Waals surface area contributed by atoms with Crippen LogP contribution in [0, 0.1) is 6.92 Å². The van der Waals surface area contributed by atoms with Crippen molar-refractivity contribution in [1.82, 2.24) is 4.57 Å². The van der Waals surface area contributed by atoms with Crippen LogP contribution in [0.2, 0.25) is 0 Å². The van der Waals surface area contributed by atoms with Crippen molar-refractivity contribution in [2.75, 3.05) is 7.11 Å². The summed E-state index contributed by atoms with van der Waals surface area (Å²) in [5.74, 6) is -0.298. The maximum absolute atomic E-state index is 11.5. The second-order valence-corrected chi connectivity index (χ2v) is 4.42. The van der Waals surface area contributed by atoms with E-state index in [0.717, 1.165) is 12.1 Å². The maximum Gasteiger partial charge on any atom is 0.354 e. The highest BCUT2D eigenvalue weighted by Gasteiger charge is 2.12. The van der Waals surface area contributed by atoms with Crippen LogP contribution in [0.5, 0.6) is 0 Å². The summed E-state index contributed by atoms with van der Waals surface area (Å²) in [5, 5.41) is 0. The molecule has 0 aliphatic carbocycles. The number of esters is 1. The molecule has 0 amide bonds. The van der Waals surface area contributed by atoms with Crippen molar-refractivity contribution < 1.29 is 9.53 Å². The fourth-order valence-corrected chi connectivity index (χ4v) is 1.96. The van der Waals surface area contributed by atoms with Gasteiger partial charge in [0.05, 0.1) is 7.11 Å². The summed E-state index contributed by atoms with van der Waals surface area (Å²) < 4.78 is 6.62. The number of aromatic nitrogens is 1. The van der Waals surface area contributed by atoms with Gasteiger partial charge in [-0.2, -0.15) is 0 Å². The lowest BCUT2D eigenvalue weighted by Crippen LogP contribution is -2.09. The summed E-state index contributed by atoms with van der Waals surface area (Å²) in [4.78, 5) is 11.5. The van der Waals surface area contributed by atoms with Crippen molar-refractivity contribution in [2.24, 2.45) is 7.05 Å². The summed E-state index contributed by atoms with van der Waals surface area (Å²) in [6.45, 7) is 2.07. The van der Waals surface area contributed by atoms with Crippen LogP contribution in [-0.4, -0.2) is 17.6 Å². The summed E-state index contributed by atoms with van der Waals surface area (Å²) in [7, 11) is 3.28. The Labute approximate surface area is 107 Å². The summed E-state index contributed by atoms with van der Waals surface area (Å²) in [6, 6.07) is 12.2. The van der Waals surface area contributed by atoms with Crippen molar-refractivity contribution in [2.45, 2.75) is 13.3 Å². The number of nitrogens with zero attached hydrogens (tertiary/aromatic N) is 1. The van der Waals surface area contributed by atoms with E-state index in [1.165, 1.54) is 18.2 Å². The molecule has 1 heterocycles. The van der Waals surface area contributed by atoms with Gasteiger partial charge in [0.25, 0.3) is 0 Å². The number of hydrogen-bond donors (Lipinski definition) is 0. The van der Waals surface area contributed by atoms with Crippen molar-refractivity contribution in [1.29, 1.82) is 0 Å². The maximum atomic E-state index is 11.5. The molecule has 2 aromatic rings. The van der Waals surface area contributed by atoms with Gasteiger partial charge in [0.15, 0.2) is 0 Å². The molecule has 0 saturated heterocycles. The minimum atomic E-state index is -0.298. The quantitative estimate of drug-likeness (QED) is 0.776. The molecule has 2 rings (SSSR count). The van der Waals surface area contributed by atoms with Gasteiger partial charge < -0.3 is 9.30 Å². The molecule has 0 fully saturated rings. The van der Waals surface area contributed by atoms with Crippen molar-refractivity contribution in [3.05, 3.63) is 58.9 Å². The third-order valence-electron chi connectivity index (χ3n) is 3.13. The Morgan fingerprint density at radius 1 is 1.17 bits per heavy atom. The molecule has 3 nitrogen and oxygen atoms in total. The molecule has 0 saturated carbocycles. The van der Waals surface area contributed by atoms with Gasteiger partial charge in [-0.15, -0.1) is 0 Å². The topological polar surface area (TPSA) is 31.2 Å². The van der Waals surface area contributed by atoms with Crippen LogP contribution < -0.4 is 0 Å². The highest BCUT2D eigenvalue weighted by molar-refractivity contribution is 5.87. The highest BCUT2D eigenvalue weighted by Crippen LogP contribution is 2.14. The predicted molar refractivity (Wildman–Crippen MR) is 70.7 cm³/mol. The molecule has 0 bridgehead atoms. The van der Waals surface area contributed by atoms with Crippen LogP contribution in [0.3, 0.4) is 0 Å². The predicted octanol–water partition coefficient (Wildman–Crippen LogP) is 2.71. The Bertz CT molecular complexity index is 552. The van der Waals surface area contributed by atoms with Gasteiger partial charge in [-0.3, -0.25) is 0 Å². The lowest BCUT2D eigenvalue weighted by Gasteiger charge is -2.07. The Morgan fingerprint density at radius 2 is 1.83 bits per heavy atom. The number of ether oxygens (including phenoxy) is 1. The van der Waals surface area contributed by atoms with Gasteiger partial charge in [0.2, 0.25) is 0 Å². The number of aryl methyl sites for hydroxylation is 1. The fraction of sp³-hybridized carbons (Fsp3) is 0.267. The van der Waals surface area contributed by atoms with Crippen LogP contribution in [0.15, 0.2) is 36.4 Å². The van der Waals surface area contributed by atoms with Crippen molar-refractivity contribution in [3.8, 4) is 0 Å². The number of carbonyl (C=O) groups excluding carboxylic acids is 1. The Kier molecular flexibility index (Phi) is 3.51. The molecule has 94 valence electrons. The zero-order valence-corrected chi connectivity index (χ0v) is 10.9. The highest BCUT2D eigenvalue weighted by atomic mass is 16.5. The molecule has 0 N–H and O–H groups in total. The summed E-state index contributed by atoms with van der Waals surface area (Å²) >= 11 is 0. The van der Waals surface area contributed by atoms with E-state index < -0.39 is 0 Å². The first-order valence-electron chi connectivity index (χ1n) is 5.90. The Balaban J connectivity index is 2.22. The molecule has 3 heteroatoms. The first-order chi connectivity index (χ1) is 8.61. The normalized spacial score (nSPS) is 10.4. The number of carbonyl (C=O) groups is 1. The van der Waals surface area contributed by atoms with Crippen molar-refractivity contribution in [3.63, 3.8) is 0 Å². The molecule has 0 unspecified atom stereocenters. The molecule has 0 aliphatic rings. The summed E-state index contributed by atoms with van der Waals surface area (Å²) in [5.41, 5.74) is 4.16. The van der Waals surface area contributed by atoms with E-state index in [9.17, 15) is 4.79 Å². The molecule has 1 aromatic heterocycles. The van der Waals surface area contributed by atoms with Crippen LogP contribution in [0.25, 0.3) is 0 Å². The molecule has 18 heavy (non-hydrogen) atoms. The lowest BCUT2D eigenvalue weighted by atomic mass is 10.1. The number of hydrogen-bond acceptors (Lipinski definition) is 2. The van der Waals surface area contributed by atoms with Gasteiger partial charge in [-0.1, -0.05) is 29.8 Å². The van der Waals surface area contributed by atoms with Crippen LogP contribution in [-0.2, 0) is 18.2 Å². The van der Waals surface area contributed by atoms with E-state index >= 15 is 0 Å². The first-order valence-corrected chi connectivity index (χ1v) is 5.90. The number of methoxy groups -OCH3 is 1. The lowest BCUT2D eigenvalue weighted by molar-refractivity contribution is 0.0589. The minimum Gasteiger partial charge on any atom is -0.464 e. The SMILES string of the molecule is COC(=O)c1ccc(Cc2ccc(C)cc2)n1C. The zero-order valence-electron chi connectivity index (χ0n) is 10.9. The van der Waals surface area contributed by atoms with E-state index in [1.807, 2.05) is 17.7 Å². The van der Waals surface area contributed by atoms with Crippen LogP contribution >= 0.6 is 0 Å². The van der Waals surface area contributed by atoms with Crippen molar-refractivity contribution >= 4 is 5.97 Å². The van der Waals surface area contributed by atoms with E-state index in [0.29, 0.717) is 5.69 Å². The second-order valence-electron chi connectivity index (χ2n) is 4.42. The van der Waals surface area contributed by atoms with Gasteiger partial charge in [-0.05, 0) is 24.6 Å². The standard InChI is InChI=1S/C15H17NO2/c1-11-4-6-12(7-5-11)10-13-8-9-14(16(13)2)15(17)18-3/h4-9H,10H2,1-3H3. The van der Waals surface area contributed by atoms with Gasteiger partial charge in [0.1, 0.15) is 5.69 Å². The Morgan fingerprint density at radius 3 is 2.44 bits per heavy atom. The van der Waals surface area contributed by atoms with Gasteiger partial charge >= 0.3 is 5.97 Å². The molecule has 0 atom stereocenters. The fourth-order valence-electron chi connectivity index (χ4n) is 1.96. The van der Waals surface area contributed by atoms with E-state index in [1.54, 1.807) is 6.07 Å². The molecule has 1 aromatic carbocycles. The molecular weight excluding hydrogens is 226 g/mol. The Hall–Kier alpha value is -2.03. The second kappa shape index (κ2) is 5.08. The zero-order chi connectivity index (χ0) is 13.1. The van der Waals surface area contributed by atoms with Gasteiger partial charge in [-0.25, -0.2) is 4.79 Å². The number of benzene rings is 1. The monoisotopic (exact) mass is 243 g/mol. The third-order valence-corrected chi connectivity index (χ3v) is 3.13. The molecular formula is C15H17NO2. The van der Waals surface area contributed by atoms with E-state index in [4.69, 9.17) is 4.74 Å². The molecule has 0 aliphatic heterocycles. The average molecular weight is 243 g/mol. The number of rotatable bonds is 3. The van der Waals surface area contributed by atoms with E-state index in [2.05, 4.69) is 31.2 Å².